The van der Waals surface area contributed by atoms with E-state index in [2.05, 4.69) is 9.97 Å². The molecule has 0 N–H and O–H groups in total. The fraction of sp³-hybridized carbons (Fsp3) is 0.0476. The maximum absolute atomic E-state index is 13.3. The number of hydrogen-bond acceptors (Lipinski definition) is 5. The van der Waals surface area contributed by atoms with Crippen LogP contribution in [0.15, 0.2) is 76.2 Å². The van der Waals surface area contributed by atoms with Crippen LogP contribution in [0, 0.1) is 0 Å². The van der Waals surface area contributed by atoms with Crippen LogP contribution in [0.4, 0.5) is 5.95 Å². The summed E-state index contributed by atoms with van der Waals surface area (Å²) in [5, 5.41) is 0.977. The summed E-state index contributed by atoms with van der Waals surface area (Å²) < 4.78 is 5.85. The summed E-state index contributed by atoms with van der Waals surface area (Å²) in [4.78, 5) is 36.3. The van der Waals surface area contributed by atoms with Crippen molar-refractivity contribution in [2.75, 3.05) is 4.90 Å². The second-order valence-electron chi connectivity index (χ2n) is 6.35. The Labute approximate surface area is 164 Å². The second-order valence-corrected chi connectivity index (χ2v) is 6.78. The minimum Gasteiger partial charge on any atom is -0.450 e. The first kappa shape index (κ1) is 16.6. The molecular formula is C21H12ClN3O3. The molecule has 1 atom stereocenters. The second kappa shape index (κ2) is 6.28. The first-order valence-corrected chi connectivity index (χ1v) is 8.95. The Hall–Kier alpha value is -3.51. The van der Waals surface area contributed by atoms with Gasteiger partial charge in [-0.15, -0.1) is 0 Å². The summed E-state index contributed by atoms with van der Waals surface area (Å²) in [5.41, 5.74) is 1.11. The fourth-order valence-electron chi connectivity index (χ4n) is 3.50. The van der Waals surface area contributed by atoms with E-state index in [9.17, 15) is 9.59 Å². The summed E-state index contributed by atoms with van der Waals surface area (Å²) in [6.07, 6.45) is 3.09. The van der Waals surface area contributed by atoms with Crippen LogP contribution in [0.2, 0.25) is 5.02 Å². The molecule has 28 heavy (non-hydrogen) atoms. The van der Waals surface area contributed by atoms with Gasteiger partial charge in [0.2, 0.25) is 11.7 Å². The number of carbonyl (C=O) groups is 1. The highest BCUT2D eigenvalue weighted by molar-refractivity contribution is 6.30. The molecule has 0 fully saturated rings. The molecule has 0 bridgehead atoms. The number of para-hydroxylation sites is 1. The lowest BCUT2D eigenvalue weighted by molar-refractivity contribution is 0.0969. The molecule has 7 heteroatoms. The molecule has 0 spiro atoms. The molecule has 0 saturated carbocycles. The quantitative estimate of drug-likeness (QED) is 0.518. The van der Waals surface area contributed by atoms with Gasteiger partial charge in [-0.1, -0.05) is 35.9 Å². The Balaban J connectivity index is 1.83. The molecule has 3 heterocycles. The molecule has 2 aromatic heterocycles. The van der Waals surface area contributed by atoms with Gasteiger partial charge < -0.3 is 4.42 Å². The average Bonchev–Trinajstić information content (AvgIpc) is 3.02. The lowest BCUT2D eigenvalue weighted by Crippen LogP contribution is -2.31. The molecule has 5 rings (SSSR count). The Morgan fingerprint density at radius 3 is 2.39 bits per heavy atom. The van der Waals surface area contributed by atoms with Gasteiger partial charge in [-0.05, 0) is 35.9 Å². The number of carbonyl (C=O) groups excluding carboxylic acids is 1. The predicted molar refractivity (Wildman–Crippen MR) is 105 cm³/mol. The highest BCUT2D eigenvalue weighted by Gasteiger charge is 2.44. The topological polar surface area (TPSA) is 76.3 Å². The van der Waals surface area contributed by atoms with Crippen molar-refractivity contribution in [2.24, 2.45) is 0 Å². The smallest absolute Gasteiger partial charge is 0.297 e. The number of fused-ring (bicyclic) bond motifs is 2. The average molecular weight is 390 g/mol. The minimum atomic E-state index is -0.706. The molecule has 1 aliphatic rings. The lowest BCUT2D eigenvalue weighted by atomic mass is 9.99. The van der Waals surface area contributed by atoms with Gasteiger partial charge in [0, 0.05) is 17.4 Å². The molecule has 1 unspecified atom stereocenters. The minimum absolute atomic E-state index is 0.0103. The van der Waals surface area contributed by atoms with Crippen LogP contribution in [0.5, 0.6) is 0 Å². The lowest BCUT2D eigenvalue weighted by Gasteiger charge is -2.22. The number of anilines is 1. The van der Waals surface area contributed by atoms with Crippen molar-refractivity contribution < 1.29 is 9.21 Å². The van der Waals surface area contributed by atoms with Crippen LogP contribution in [-0.2, 0) is 0 Å². The highest BCUT2D eigenvalue weighted by Crippen LogP contribution is 2.40. The zero-order valence-electron chi connectivity index (χ0n) is 14.4. The van der Waals surface area contributed by atoms with E-state index in [1.165, 1.54) is 4.90 Å². The maximum atomic E-state index is 13.3. The van der Waals surface area contributed by atoms with Gasteiger partial charge in [0.15, 0.2) is 5.43 Å². The van der Waals surface area contributed by atoms with Crippen molar-refractivity contribution in [1.29, 1.82) is 0 Å². The van der Waals surface area contributed by atoms with E-state index < -0.39 is 11.9 Å². The number of hydrogen-bond donors (Lipinski definition) is 0. The Kier molecular flexibility index (Phi) is 3.74. The molecule has 0 aliphatic carbocycles. The molecule has 4 aromatic rings. The molecule has 6 nitrogen and oxygen atoms in total. The fourth-order valence-corrected chi connectivity index (χ4v) is 3.63. The number of nitrogens with zero attached hydrogens (tertiary/aromatic N) is 3. The molecule has 0 radical (unpaired) electrons. The molecule has 0 saturated heterocycles. The highest BCUT2D eigenvalue weighted by atomic mass is 35.5. The van der Waals surface area contributed by atoms with Crippen molar-refractivity contribution in [2.45, 2.75) is 6.04 Å². The van der Waals surface area contributed by atoms with Gasteiger partial charge in [0.1, 0.15) is 5.58 Å². The van der Waals surface area contributed by atoms with Gasteiger partial charge in [-0.2, -0.15) is 0 Å². The van der Waals surface area contributed by atoms with Crippen molar-refractivity contribution in [3.05, 3.63) is 99.1 Å². The normalized spacial score (nSPS) is 15.8. The Morgan fingerprint density at radius 1 is 0.929 bits per heavy atom. The van der Waals surface area contributed by atoms with Crippen molar-refractivity contribution in [3.63, 3.8) is 0 Å². The van der Waals surface area contributed by atoms with E-state index in [1.54, 1.807) is 67.0 Å². The standard InChI is InChI=1S/C21H12ClN3O3/c22-13-8-6-12(7-9-13)17-16-18(26)14-4-1-2-5-15(14)28-19(16)20(27)25(17)21-23-10-3-11-24-21/h1-11,17H. The molecular weight excluding hydrogens is 378 g/mol. The van der Waals surface area contributed by atoms with Crippen molar-refractivity contribution >= 4 is 34.4 Å². The zero-order chi connectivity index (χ0) is 19.3. The van der Waals surface area contributed by atoms with Crippen LogP contribution in [-0.4, -0.2) is 15.9 Å². The van der Waals surface area contributed by atoms with Gasteiger partial charge >= 0.3 is 0 Å². The zero-order valence-corrected chi connectivity index (χ0v) is 15.1. The maximum Gasteiger partial charge on any atom is 0.297 e. The Bertz CT molecular complexity index is 1270. The number of benzene rings is 2. The summed E-state index contributed by atoms with van der Waals surface area (Å²) in [5.74, 6) is -0.248. The summed E-state index contributed by atoms with van der Waals surface area (Å²) in [6.45, 7) is 0. The van der Waals surface area contributed by atoms with Gasteiger partial charge in [-0.3, -0.25) is 14.5 Å². The molecule has 1 aliphatic heterocycles. The number of rotatable bonds is 2. The third-order valence-electron chi connectivity index (χ3n) is 4.73. The van der Waals surface area contributed by atoms with Crippen LogP contribution in [0.1, 0.15) is 27.7 Å². The molecule has 1 amide bonds. The number of aromatic nitrogens is 2. The predicted octanol–water partition coefficient (Wildman–Crippen LogP) is 3.99. The third kappa shape index (κ3) is 2.42. The van der Waals surface area contributed by atoms with E-state index in [0.29, 0.717) is 21.6 Å². The summed E-state index contributed by atoms with van der Waals surface area (Å²) >= 11 is 6.02. The monoisotopic (exact) mass is 389 g/mol. The van der Waals surface area contributed by atoms with Crippen LogP contribution >= 0.6 is 11.6 Å². The van der Waals surface area contributed by atoms with Crippen molar-refractivity contribution in [3.8, 4) is 0 Å². The first-order valence-electron chi connectivity index (χ1n) is 8.57. The van der Waals surface area contributed by atoms with E-state index >= 15 is 0 Å². The summed E-state index contributed by atoms with van der Waals surface area (Å²) in [6, 6.07) is 14.8. The van der Waals surface area contributed by atoms with E-state index in [1.807, 2.05) is 0 Å². The molecule has 2 aromatic carbocycles. The Morgan fingerprint density at radius 2 is 1.64 bits per heavy atom. The number of amides is 1. The SMILES string of the molecule is O=C1c2oc3ccccc3c(=O)c2C(c2ccc(Cl)cc2)N1c1ncccn1. The summed E-state index contributed by atoms with van der Waals surface area (Å²) in [7, 11) is 0. The van der Waals surface area contributed by atoms with E-state index in [-0.39, 0.29) is 22.7 Å². The van der Waals surface area contributed by atoms with Crippen LogP contribution in [0.3, 0.4) is 0 Å². The number of halogens is 1. The van der Waals surface area contributed by atoms with Crippen LogP contribution < -0.4 is 10.3 Å². The van der Waals surface area contributed by atoms with Crippen LogP contribution in [0.25, 0.3) is 11.0 Å². The largest absolute Gasteiger partial charge is 0.450 e. The van der Waals surface area contributed by atoms with E-state index in [4.69, 9.17) is 16.0 Å². The van der Waals surface area contributed by atoms with Crippen molar-refractivity contribution in [1.82, 2.24) is 9.97 Å². The van der Waals surface area contributed by atoms with Gasteiger partial charge in [0.05, 0.1) is 17.0 Å². The van der Waals surface area contributed by atoms with E-state index in [0.717, 1.165) is 0 Å². The third-order valence-corrected chi connectivity index (χ3v) is 4.98. The van der Waals surface area contributed by atoms with Gasteiger partial charge in [-0.25, -0.2) is 9.97 Å². The molecule has 136 valence electrons. The van der Waals surface area contributed by atoms with Gasteiger partial charge in [0.25, 0.3) is 5.91 Å². The first-order chi connectivity index (χ1) is 13.6.